The highest BCUT2D eigenvalue weighted by Gasteiger charge is 2.27. The first kappa shape index (κ1) is 24.0. The molecule has 28 heavy (non-hydrogen) atoms. The van der Waals surface area contributed by atoms with E-state index in [1.807, 2.05) is 27.7 Å². The molecule has 1 N–H and O–H groups in total. The quantitative estimate of drug-likeness (QED) is 0.420. The Bertz CT molecular complexity index is 537. The van der Waals surface area contributed by atoms with Gasteiger partial charge in [0.1, 0.15) is 5.60 Å². The van der Waals surface area contributed by atoms with E-state index in [4.69, 9.17) is 9.47 Å². The predicted molar refractivity (Wildman–Crippen MR) is 110 cm³/mol. The molecule has 8 heteroatoms. The van der Waals surface area contributed by atoms with Crippen LogP contribution in [0.15, 0.2) is 4.99 Å². The number of rotatable bonds is 6. The van der Waals surface area contributed by atoms with E-state index in [9.17, 15) is 9.59 Å². The molecule has 0 radical (unpaired) electrons. The predicted octanol–water partition coefficient (Wildman–Crippen LogP) is 2.34. The highest BCUT2D eigenvalue weighted by atomic mass is 16.6. The van der Waals surface area contributed by atoms with Crippen LogP contribution in [-0.2, 0) is 14.3 Å². The number of nitrogens with zero attached hydrogens (tertiary/aromatic N) is 3. The van der Waals surface area contributed by atoms with E-state index in [1.165, 1.54) is 0 Å². The fraction of sp³-hybridized carbons (Fsp3) is 0.850. The molecule has 1 heterocycles. The number of carbonyl (C=O) groups excluding carboxylic acids is 2. The van der Waals surface area contributed by atoms with Gasteiger partial charge in [-0.2, -0.15) is 0 Å². The van der Waals surface area contributed by atoms with Crippen molar-refractivity contribution in [3.8, 4) is 0 Å². The highest BCUT2D eigenvalue weighted by Crippen LogP contribution is 2.18. The Morgan fingerprint density at radius 3 is 2.39 bits per heavy atom. The summed E-state index contributed by atoms with van der Waals surface area (Å²) < 4.78 is 10.5. The maximum Gasteiger partial charge on any atom is 0.410 e. The van der Waals surface area contributed by atoms with Crippen LogP contribution in [0.25, 0.3) is 0 Å². The van der Waals surface area contributed by atoms with Gasteiger partial charge in [0.05, 0.1) is 12.5 Å². The van der Waals surface area contributed by atoms with E-state index < -0.39 is 5.60 Å². The normalized spacial score (nSPS) is 17.1. The zero-order chi connectivity index (χ0) is 21.3. The minimum absolute atomic E-state index is 0.0179. The second-order valence-corrected chi connectivity index (χ2v) is 8.41. The van der Waals surface area contributed by atoms with Crippen molar-refractivity contribution < 1.29 is 19.1 Å². The van der Waals surface area contributed by atoms with Crippen LogP contribution >= 0.6 is 0 Å². The molecule has 0 bridgehead atoms. The third-order valence-corrected chi connectivity index (χ3v) is 4.53. The number of ether oxygens (including phenoxy) is 2. The molecule has 162 valence electrons. The summed E-state index contributed by atoms with van der Waals surface area (Å²) in [7, 11) is 3.51. The lowest BCUT2D eigenvalue weighted by Gasteiger charge is -2.34. The number of esters is 1. The lowest BCUT2D eigenvalue weighted by atomic mass is 9.97. The molecule has 0 spiro atoms. The first-order valence-corrected chi connectivity index (χ1v) is 10.1. The van der Waals surface area contributed by atoms with Gasteiger partial charge in [0.15, 0.2) is 5.96 Å². The molecule has 1 saturated heterocycles. The van der Waals surface area contributed by atoms with E-state index >= 15 is 0 Å². The van der Waals surface area contributed by atoms with Gasteiger partial charge in [-0.05, 0) is 46.5 Å². The zero-order valence-electron chi connectivity index (χ0n) is 18.6. The molecule has 0 aromatic heterocycles. The van der Waals surface area contributed by atoms with Crippen molar-refractivity contribution >= 4 is 18.0 Å². The molecule has 0 aromatic rings. The topological polar surface area (TPSA) is 83.5 Å². The Morgan fingerprint density at radius 1 is 1.29 bits per heavy atom. The van der Waals surface area contributed by atoms with Gasteiger partial charge >= 0.3 is 12.1 Å². The molecule has 1 rings (SSSR count). The summed E-state index contributed by atoms with van der Waals surface area (Å²) in [5, 5.41) is 3.38. The first-order chi connectivity index (χ1) is 13.1. The fourth-order valence-electron chi connectivity index (χ4n) is 3.13. The number of hydrogen-bond donors (Lipinski definition) is 1. The summed E-state index contributed by atoms with van der Waals surface area (Å²) in [6, 6.07) is 0. The second kappa shape index (κ2) is 11.1. The van der Waals surface area contributed by atoms with E-state index in [0.717, 1.165) is 31.9 Å². The van der Waals surface area contributed by atoms with Crippen molar-refractivity contribution in [2.24, 2.45) is 16.8 Å². The van der Waals surface area contributed by atoms with Gasteiger partial charge in [0.25, 0.3) is 0 Å². The molecule has 1 unspecified atom stereocenters. The smallest absolute Gasteiger partial charge is 0.410 e. The van der Waals surface area contributed by atoms with E-state index in [0.29, 0.717) is 19.7 Å². The third kappa shape index (κ3) is 8.35. The molecule has 0 aliphatic carbocycles. The van der Waals surface area contributed by atoms with E-state index in [1.54, 1.807) is 19.0 Å². The molecule has 8 nitrogen and oxygen atoms in total. The van der Waals surface area contributed by atoms with Crippen LogP contribution in [0.1, 0.15) is 47.5 Å². The van der Waals surface area contributed by atoms with Crippen LogP contribution in [0.4, 0.5) is 4.79 Å². The SMILES string of the molecule is CCOC(=O)C1CCN(C(=NC)NCC(C)CN(C)C(=O)OC(C)(C)C)CC1. The van der Waals surface area contributed by atoms with Crippen LogP contribution in [0.3, 0.4) is 0 Å². The molecule has 1 aliphatic heterocycles. The van der Waals surface area contributed by atoms with Crippen LogP contribution in [0, 0.1) is 11.8 Å². The molecule has 1 atom stereocenters. The third-order valence-electron chi connectivity index (χ3n) is 4.53. The molecule has 0 saturated carbocycles. The number of aliphatic imine (C=N–C) groups is 1. The van der Waals surface area contributed by atoms with Gasteiger partial charge in [-0.3, -0.25) is 9.79 Å². The monoisotopic (exact) mass is 398 g/mol. The molecular weight excluding hydrogens is 360 g/mol. The van der Waals surface area contributed by atoms with Gasteiger partial charge < -0.3 is 24.6 Å². The maximum atomic E-state index is 12.1. The van der Waals surface area contributed by atoms with E-state index in [2.05, 4.69) is 22.1 Å². The van der Waals surface area contributed by atoms with Crippen LogP contribution in [0.5, 0.6) is 0 Å². The van der Waals surface area contributed by atoms with Crippen LogP contribution in [-0.4, -0.2) is 80.3 Å². The minimum Gasteiger partial charge on any atom is -0.466 e. The lowest BCUT2D eigenvalue weighted by molar-refractivity contribution is -0.149. The van der Waals surface area contributed by atoms with Crippen molar-refractivity contribution in [2.45, 2.75) is 53.1 Å². The van der Waals surface area contributed by atoms with Crippen molar-refractivity contribution in [1.29, 1.82) is 0 Å². The van der Waals surface area contributed by atoms with Crippen LogP contribution < -0.4 is 5.32 Å². The average Bonchev–Trinajstić information content (AvgIpc) is 2.61. The van der Waals surface area contributed by atoms with Crippen molar-refractivity contribution in [3.05, 3.63) is 0 Å². The number of amides is 1. The molecule has 0 aromatic carbocycles. The number of nitrogens with one attached hydrogen (secondary N) is 1. The van der Waals surface area contributed by atoms with E-state index in [-0.39, 0.29) is 23.9 Å². The number of carbonyl (C=O) groups is 2. The Hall–Kier alpha value is -1.99. The second-order valence-electron chi connectivity index (χ2n) is 8.41. The zero-order valence-corrected chi connectivity index (χ0v) is 18.6. The largest absolute Gasteiger partial charge is 0.466 e. The summed E-state index contributed by atoms with van der Waals surface area (Å²) >= 11 is 0. The summed E-state index contributed by atoms with van der Waals surface area (Å²) in [5.74, 6) is 0.944. The first-order valence-electron chi connectivity index (χ1n) is 10.1. The van der Waals surface area contributed by atoms with Crippen LogP contribution in [0.2, 0.25) is 0 Å². The van der Waals surface area contributed by atoms with Gasteiger partial charge in [0, 0.05) is 40.3 Å². The van der Waals surface area contributed by atoms with Gasteiger partial charge in [-0.1, -0.05) is 6.92 Å². The summed E-state index contributed by atoms with van der Waals surface area (Å²) in [6.07, 6.45) is 1.23. The Balaban J connectivity index is 2.42. The summed E-state index contributed by atoms with van der Waals surface area (Å²) in [6.45, 7) is 12.7. The molecule has 1 aliphatic rings. The minimum atomic E-state index is -0.495. The lowest BCUT2D eigenvalue weighted by Crippen LogP contribution is -2.48. The number of piperidine rings is 1. The van der Waals surface area contributed by atoms with Crippen molar-refractivity contribution in [1.82, 2.24) is 15.1 Å². The molecule has 1 amide bonds. The fourth-order valence-corrected chi connectivity index (χ4v) is 3.13. The number of likely N-dealkylation sites (tertiary alicyclic amines) is 1. The van der Waals surface area contributed by atoms with Crippen molar-refractivity contribution in [2.75, 3.05) is 46.9 Å². The summed E-state index contributed by atoms with van der Waals surface area (Å²) in [4.78, 5) is 32.1. The molecular formula is C20H38N4O4. The van der Waals surface area contributed by atoms with Gasteiger partial charge in [0.2, 0.25) is 0 Å². The average molecular weight is 399 g/mol. The van der Waals surface area contributed by atoms with Gasteiger partial charge in [-0.15, -0.1) is 0 Å². The summed E-state index contributed by atoms with van der Waals surface area (Å²) in [5.41, 5.74) is -0.495. The molecule has 1 fully saturated rings. The Morgan fingerprint density at radius 2 is 1.89 bits per heavy atom. The standard InChI is InChI=1S/C20H38N4O4/c1-8-27-17(25)16-9-11-24(12-10-16)18(21-6)22-13-15(2)14-23(7)19(26)28-20(3,4)5/h15-16H,8-14H2,1-7H3,(H,21,22). The Kier molecular flexibility index (Phi) is 9.55. The highest BCUT2D eigenvalue weighted by molar-refractivity contribution is 5.80. The Labute approximate surface area is 169 Å². The maximum absolute atomic E-state index is 12.1. The number of hydrogen-bond acceptors (Lipinski definition) is 5. The van der Waals surface area contributed by atoms with Crippen molar-refractivity contribution in [3.63, 3.8) is 0 Å². The number of guanidine groups is 1. The van der Waals surface area contributed by atoms with Gasteiger partial charge in [-0.25, -0.2) is 4.79 Å².